The van der Waals surface area contributed by atoms with Gasteiger partial charge in [-0.2, -0.15) is 4.98 Å². The summed E-state index contributed by atoms with van der Waals surface area (Å²) < 4.78 is 18.1. The van der Waals surface area contributed by atoms with Crippen LogP contribution in [0.25, 0.3) is 11.5 Å². The third kappa shape index (κ3) is 3.65. The van der Waals surface area contributed by atoms with Crippen molar-refractivity contribution in [3.8, 4) is 11.5 Å². The van der Waals surface area contributed by atoms with Gasteiger partial charge in [0, 0.05) is 31.1 Å². The molecular weight excluding hydrogens is 309 g/mol. The molecule has 0 radical (unpaired) electrons. The number of nitrogens with zero attached hydrogens (tertiary/aromatic N) is 3. The van der Waals surface area contributed by atoms with Crippen molar-refractivity contribution in [2.75, 3.05) is 13.6 Å². The van der Waals surface area contributed by atoms with Gasteiger partial charge in [-0.25, -0.2) is 4.39 Å². The van der Waals surface area contributed by atoms with Gasteiger partial charge in [-0.1, -0.05) is 23.4 Å². The largest absolute Gasteiger partial charge is 0.341 e. The van der Waals surface area contributed by atoms with Crippen molar-refractivity contribution in [1.29, 1.82) is 0 Å². The summed E-state index contributed by atoms with van der Waals surface area (Å²) >= 11 is 0. The van der Waals surface area contributed by atoms with Gasteiger partial charge >= 0.3 is 0 Å². The van der Waals surface area contributed by atoms with Crippen molar-refractivity contribution < 1.29 is 13.7 Å². The van der Waals surface area contributed by atoms with Crippen molar-refractivity contribution in [3.63, 3.8) is 0 Å². The van der Waals surface area contributed by atoms with Crippen molar-refractivity contribution in [2.24, 2.45) is 0 Å². The molecule has 122 valence electrons. The zero-order chi connectivity index (χ0) is 16.9. The molecule has 3 rings (SSSR count). The Morgan fingerprint density at radius 2 is 1.83 bits per heavy atom. The number of carbonyl (C=O) groups excluding carboxylic acids is 1. The molecule has 0 atom stereocenters. The molecule has 24 heavy (non-hydrogen) atoms. The topological polar surface area (TPSA) is 59.2 Å². The lowest BCUT2D eigenvalue weighted by atomic mass is 10.2. The molecular formula is C18H16FN3O2. The predicted molar refractivity (Wildman–Crippen MR) is 86.8 cm³/mol. The molecule has 0 spiro atoms. The SMILES string of the molecule is CN(CCc1noc(-c2ccccc2)n1)C(=O)c1ccc(F)cc1. The number of amides is 1. The molecule has 6 heteroatoms. The van der Waals surface area contributed by atoms with E-state index in [1.807, 2.05) is 30.3 Å². The monoisotopic (exact) mass is 325 g/mol. The van der Waals surface area contributed by atoms with E-state index in [1.165, 1.54) is 24.3 Å². The predicted octanol–water partition coefficient (Wildman–Crippen LogP) is 3.19. The molecule has 0 fully saturated rings. The summed E-state index contributed by atoms with van der Waals surface area (Å²) in [4.78, 5) is 18.1. The molecule has 0 unspecified atom stereocenters. The van der Waals surface area contributed by atoms with Crippen molar-refractivity contribution in [3.05, 3.63) is 71.8 Å². The van der Waals surface area contributed by atoms with E-state index in [9.17, 15) is 9.18 Å². The second-order valence-corrected chi connectivity index (χ2v) is 5.37. The van der Waals surface area contributed by atoms with Crippen LogP contribution in [0.5, 0.6) is 0 Å². The number of rotatable bonds is 5. The van der Waals surface area contributed by atoms with Gasteiger partial charge in [0.25, 0.3) is 11.8 Å². The molecule has 1 amide bonds. The van der Waals surface area contributed by atoms with Crippen LogP contribution in [-0.4, -0.2) is 34.5 Å². The van der Waals surface area contributed by atoms with E-state index < -0.39 is 0 Å². The van der Waals surface area contributed by atoms with E-state index in [0.29, 0.717) is 30.2 Å². The minimum Gasteiger partial charge on any atom is -0.341 e. The minimum absolute atomic E-state index is 0.179. The number of hydrogen-bond donors (Lipinski definition) is 0. The summed E-state index contributed by atoms with van der Waals surface area (Å²) in [6, 6.07) is 15.0. The normalized spacial score (nSPS) is 10.6. The average molecular weight is 325 g/mol. The lowest BCUT2D eigenvalue weighted by Crippen LogP contribution is -2.29. The summed E-state index contributed by atoms with van der Waals surface area (Å²) in [7, 11) is 1.68. The first-order valence-electron chi connectivity index (χ1n) is 7.52. The Morgan fingerprint density at radius 1 is 1.12 bits per heavy atom. The van der Waals surface area contributed by atoms with Crippen LogP contribution >= 0.6 is 0 Å². The second kappa shape index (κ2) is 7.04. The van der Waals surface area contributed by atoms with Crippen LogP contribution in [-0.2, 0) is 6.42 Å². The van der Waals surface area contributed by atoms with Crippen LogP contribution in [0.3, 0.4) is 0 Å². The first kappa shape index (κ1) is 15.9. The highest BCUT2D eigenvalue weighted by molar-refractivity contribution is 5.93. The number of aromatic nitrogens is 2. The highest BCUT2D eigenvalue weighted by Crippen LogP contribution is 2.16. The molecule has 0 aliphatic rings. The van der Waals surface area contributed by atoms with E-state index in [4.69, 9.17) is 4.52 Å². The van der Waals surface area contributed by atoms with Gasteiger partial charge in [0.15, 0.2) is 5.82 Å². The Bertz CT molecular complexity index is 816. The molecule has 0 aliphatic carbocycles. The number of benzene rings is 2. The highest BCUT2D eigenvalue weighted by Gasteiger charge is 2.14. The van der Waals surface area contributed by atoms with E-state index in [-0.39, 0.29) is 11.7 Å². The van der Waals surface area contributed by atoms with Crippen LogP contribution in [0, 0.1) is 5.82 Å². The molecule has 1 aromatic heterocycles. The van der Waals surface area contributed by atoms with Crippen LogP contribution in [0.2, 0.25) is 0 Å². The maximum Gasteiger partial charge on any atom is 0.257 e. The summed E-state index contributed by atoms with van der Waals surface area (Å²) in [5, 5.41) is 3.93. The smallest absolute Gasteiger partial charge is 0.257 e. The second-order valence-electron chi connectivity index (χ2n) is 5.37. The fourth-order valence-electron chi connectivity index (χ4n) is 2.24. The maximum atomic E-state index is 12.9. The van der Waals surface area contributed by atoms with Gasteiger partial charge in [-0.15, -0.1) is 0 Å². The van der Waals surface area contributed by atoms with E-state index >= 15 is 0 Å². The van der Waals surface area contributed by atoms with Gasteiger partial charge in [-0.05, 0) is 36.4 Å². The Morgan fingerprint density at radius 3 is 2.54 bits per heavy atom. The van der Waals surface area contributed by atoms with Crippen LogP contribution in [0.1, 0.15) is 16.2 Å². The fraction of sp³-hybridized carbons (Fsp3) is 0.167. The third-order valence-corrected chi connectivity index (χ3v) is 3.60. The van der Waals surface area contributed by atoms with Gasteiger partial charge in [0.2, 0.25) is 0 Å². The highest BCUT2D eigenvalue weighted by atomic mass is 19.1. The van der Waals surface area contributed by atoms with E-state index in [1.54, 1.807) is 11.9 Å². The van der Waals surface area contributed by atoms with Gasteiger partial charge in [0.05, 0.1) is 0 Å². The zero-order valence-electron chi connectivity index (χ0n) is 13.1. The number of halogens is 1. The molecule has 0 saturated carbocycles. The van der Waals surface area contributed by atoms with Gasteiger partial charge in [-0.3, -0.25) is 4.79 Å². The summed E-state index contributed by atoms with van der Waals surface area (Å²) in [5.41, 5.74) is 1.30. The van der Waals surface area contributed by atoms with Crippen molar-refractivity contribution in [1.82, 2.24) is 15.0 Å². The number of hydrogen-bond acceptors (Lipinski definition) is 4. The Hall–Kier alpha value is -3.02. The Kier molecular flexibility index (Phi) is 4.65. The summed E-state index contributed by atoms with van der Waals surface area (Å²) in [6.45, 7) is 0.434. The molecule has 0 bridgehead atoms. The molecule has 0 saturated heterocycles. The fourth-order valence-corrected chi connectivity index (χ4v) is 2.24. The van der Waals surface area contributed by atoms with Crippen molar-refractivity contribution in [2.45, 2.75) is 6.42 Å². The van der Waals surface area contributed by atoms with Crippen LogP contribution in [0.4, 0.5) is 4.39 Å². The first-order valence-corrected chi connectivity index (χ1v) is 7.52. The summed E-state index contributed by atoms with van der Waals surface area (Å²) in [6.07, 6.45) is 0.472. The summed E-state index contributed by atoms with van der Waals surface area (Å²) in [5.74, 6) is 0.446. The maximum absolute atomic E-state index is 12.9. The molecule has 0 N–H and O–H groups in total. The lowest BCUT2D eigenvalue weighted by Gasteiger charge is -2.16. The van der Waals surface area contributed by atoms with E-state index in [0.717, 1.165) is 5.56 Å². The first-order chi connectivity index (χ1) is 11.6. The minimum atomic E-state index is -0.366. The molecule has 3 aromatic rings. The van der Waals surface area contributed by atoms with Crippen LogP contribution in [0.15, 0.2) is 59.1 Å². The molecule has 2 aromatic carbocycles. The molecule has 0 aliphatic heterocycles. The Labute approximate surface area is 138 Å². The number of likely N-dealkylation sites (N-methyl/N-ethyl adjacent to an activating group) is 1. The standard InChI is InChI=1S/C18H16FN3O2/c1-22(18(23)14-7-9-15(19)10-8-14)12-11-16-20-17(24-21-16)13-5-3-2-4-6-13/h2-10H,11-12H2,1H3. The van der Waals surface area contributed by atoms with Gasteiger partial charge < -0.3 is 9.42 Å². The average Bonchev–Trinajstić information content (AvgIpc) is 3.09. The quantitative estimate of drug-likeness (QED) is 0.723. The lowest BCUT2D eigenvalue weighted by molar-refractivity contribution is 0.0795. The number of carbonyl (C=O) groups is 1. The third-order valence-electron chi connectivity index (χ3n) is 3.60. The van der Waals surface area contributed by atoms with E-state index in [2.05, 4.69) is 10.1 Å². The zero-order valence-corrected chi connectivity index (χ0v) is 13.1. The Balaban J connectivity index is 1.60. The van der Waals surface area contributed by atoms with Crippen LogP contribution < -0.4 is 0 Å². The molecule has 1 heterocycles. The van der Waals surface area contributed by atoms with Gasteiger partial charge in [0.1, 0.15) is 5.82 Å². The van der Waals surface area contributed by atoms with Crippen molar-refractivity contribution >= 4 is 5.91 Å². The molecule has 5 nitrogen and oxygen atoms in total.